The summed E-state index contributed by atoms with van der Waals surface area (Å²) in [5, 5.41) is 17.8. The van der Waals surface area contributed by atoms with Crippen LogP contribution in [0.1, 0.15) is 25.7 Å². The molecule has 0 amide bonds. The number of carboxylic acids is 1. The number of aliphatic hydroxyl groups excluding tert-OH is 1. The quantitative estimate of drug-likeness (QED) is 0.674. The normalized spacial score (nSPS) is 29.9. The van der Waals surface area contributed by atoms with Crippen LogP contribution in [0, 0.1) is 0 Å². The van der Waals surface area contributed by atoms with Crippen LogP contribution >= 0.6 is 0 Å². The van der Waals surface area contributed by atoms with Crippen molar-refractivity contribution in [3.63, 3.8) is 0 Å². The fourth-order valence-electron chi connectivity index (χ4n) is 2.27. The van der Waals surface area contributed by atoms with Crippen LogP contribution in [0.2, 0.25) is 0 Å². The molecule has 2 atom stereocenters. The van der Waals surface area contributed by atoms with Crippen LogP contribution in [-0.2, 0) is 9.53 Å². The molecule has 1 saturated carbocycles. The number of hydrogen-bond acceptors (Lipinski definition) is 4. The molecule has 5 heteroatoms. The zero-order valence-corrected chi connectivity index (χ0v) is 9.34. The molecule has 2 N–H and O–H groups in total. The van der Waals surface area contributed by atoms with Crippen LogP contribution in [0.5, 0.6) is 0 Å². The number of ether oxygens (including phenoxy) is 1. The summed E-state index contributed by atoms with van der Waals surface area (Å²) >= 11 is 0. The van der Waals surface area contributed by atoms with Gasteiger partial charge in [-0.15, -0.1) is 0 Å². The van der Waals surface area contributed by atoms with Crippen LogP contribution in [0.3, 0.4) is 0 Å². The van der Waals surface area contributed by atoms with Crippen LogP contribution in [0.15, 0.2) is 0 Å². The maximum Gasteiger partial charge on any atom is 0.332 e. The van der Waals surface area contributed by atoms with Crippen LogP contribution < -0.4 is 0 Å². The summed E-state index contributed by atoms with van der Waals surface area (Å²) in [7, 11) is 0. The van der Waals surface area contributed by atoms with Crippen LogP contribution in [0.25, 0.3) is 0 Å². The van der Waals surface area contributed by atoms with Gasteiger partial charge in [-0.1, -0.05) is 0 Å². The highest BCUT2D eigenvalue weighted by atomic mass is 16.5. The molecule has 1 saturated heterocycles. The van der Waals surface area contributed by atoms with Crippen molar-refractivity contribution in [2.75, 3.05) is 19.7 Å². The molecule has 2 aliphatic rings. The number of aliphatic hydroxyl groups is 1. The van der Waals surface area contributed by atoms with Gasteiger partial charge in [-0.3, -0.25) is 4.90 Å². The van der Waals surface area contributed by atoms with Gasteiger partial charge in [-0.25, -0.2) is 4.79 Å². The highest BCUT2D eigenvalue weighted by molar-refractivity contribution is 5.72. The van der Waals surface area contributed by atoms with E-state index in [2.05, 4.69) is 4.90 Å². The molecule has 2 unspecified atom stereocenters. The lowest BCUT2D eigenvalue weighted by atomic mass is 10.2. The van der Waals surface area contributed by atoms with E-state index in [1.807, 2.05) is 0 Å². The van der Waals surface area contributed by atoms with Gasteiger partial charge in [0.25, 0.3) is 0 Å². The van der Waals surface area contributed by atoms with Crippen molar-refractivity contribution in [1.82, 2.24) is 4.90 Å². The molecule has 5 nitrogen and oxygen atoms in total. The first-order chi connectivity index (χ1) is 7.70. The molecule has 1 heterocycles. The minimum absolute atomic E-state index is 0.0215. The summed E-state index contributed by atoms with van der Waals surface area (Å²) in [5.74, 6) is -0.859. The molecular formula is C11H19NO4. The number of carbonyl (C=O) groups is 1. The van der Waals surface area contributed by atoms with Gasteiger partial charge in [0, 0.05) is 19.1 Å². The lowest BCUT2D eigenvalue weighted by molar-refractivity contribution is -0.149. The molecule has 92 valence electrons. The van der Waals surface area contributed by atoms with Gasteiger partial charge >= 0.3 is 5.97 Å². The fraction of sp³-hybridized carbons (Fsp3) is 0.909. The van der Waals surface area contributed by atoms with E-state index < -0.39 is 12.1 Å². The van der Waals surface area contributed by atoms with Crippen molar-refractivity contribution in [3.05, 3.63) is 0 Å². The molecule has 0 aromatic carbocycles. The molecular weight excluding hydrogens is 210 g/mol. The molecule has 0 radical (unpaired) electrons. The lowest BCUT2D eigenvalue weighted by Crippen LogP contribution is -2.36. The van der Waals surface area contributed by atoms with Crippen LogP contribution in [0.4, 0.5) is 0 Å². The predicted octanol–water partition coefficient (Wildman–Crippen LogP) is 0.0753. The highest BCUT2D eigenvalue weighted by Gasteiger charge is 2.35. The first kappa shape index (κ1) is 11.8. The van der Waals surface area contributed by atoms with Gasteiger partial charge in [0.15, 0.2) is 6.10 Å². The van der Waals surface area contributed by atoms with E-state index in [-0.39, 0.29) is 12.7 Å². The Hall–Kier alpha value is -0.650. The second-order valence-corrected chi connectivity index (χ2v) is 4.61. The minimum Gasteiger partial charge on any atom is -0.479 e. The molecule has 1 aliphatic carbocycles. The van der Waals surface area contributed by atoms with E-state index in [0.29, 0.717) is 19.0 Å². The third-order valence-corrected chi connectivity index (χ3v) is 3.27. The number of carboxylic acid groups (broad SMARTS) is 1. The Morgan fingerprint density at radius 3 is 2.56 bits per heavy atom. The van der Waals surface area contributed by atoms with E-state index in [9.17, 15) is 4.79 Å². The second kappa shape index (κ2) is 5.12. The first-order valence-electron chi connectivity index (χ1n) is 5.94. The van der Waals surface area contributed by atoms with Crippen molar-refractivity contribution in [2.24, 2.45) is 0 Å². The van der Waals surface area contributed by atoms with Gasteiger partial charge in [0.2, 0.25) is 0 Å². The molecule has 0 bridgehead atoms. The van der Waals surface area contributed by atoms with E-state index in [4.69, 9.17) is 14.9 Å². The smallest absolute Gasteiger partial charge is 0.332 e. The topological polar surface area (TPSA) is 70.0 Å². The Morgan fingerprint density at radius 2 is 2.06 bits per heavy atom. The van der Waals surface area contributed by atoms with Crippen molar-refractivity contribution >= 4 is 5.97 Å². The Kier molecular flexibility index (Phi) is 3.78. The van der Waals surface area contributed by atoms with Gasteiger partial charge in [-0.05, 0) is 25.7 Å². The average molecular weight is 229 g/mol. The summed E-state index contributed by atoms with van der Waals surface area (Å²) in [6.07, 6.45) is 3.20. The van der Waals surface area contributed by atoms with Crippen LogP contribution in [-0.4, -0.2) is 59.0 Å². The Bertz CT molecular complexity index is 254. The molecule has 2 rings (SSSR count). The molecule has 2 fully saturated rings. The fourth-order valence-corrected chi connectivity index (χ4v) is 2.27. The SMILES string of the molecule is O=C(O)C1CCC(CN(CCO)C2CC2)O1. The summed E-state index contributed by atoms with van der Waals surface area (Å²) < 4.78 is 5.45. The molecule has 0 aromatic rings. The van der Waals surface area contributed by atoms with E-state index in [0.717, 1.165) is 13.0 Å². The maximum atomic E-state index is 10.7. The zero-order valence-electron chi connectivity index (χ0n) is 9.34. The molecule has 1 aliphatic heterocycles. The maximum absolute atomic E-state index is 10.7. The Morgan fingerprint density at radius 1 is 1.31 bits per heavy atom. The largest absolute Gasteiger partial charge is 0.479 e. The number of nitrogens with zero attached hydrogens (tertiary/aromatic N) is 1. The van der Waals surface area contributed by atoms with E-state index in [1.54, 1.807) is 0 Å². The van der Waals surface area contributed by atoms with Crippen molar-refractivity contribution in [2.45, 2.75) is 43.9 Å². The molecule has 0 aromatic heterocycles. The Balaban J connectivity index is 1.78. The highest BCUT2D eigenvalue weighted by Crippen LogP contribution is 2.29. The standard InChI is InChI=1S/C11H19NO4/c13-6-5-12(8-1-2-8)7-9-3-4-10(16-9)11(14)15/h8-10,13H,1-7H2,(H,14,15). The summed E-state index contributed by atoms with van der Waals surface area (Å²) in [4.78, 5) is 12.9. The van der Waals surface area contributed by atoms with Gasteiger partial charge in [0.1, 0.15) is 0 Å². The third-order valence-electron chi connectivity index (χ3n) is 3.27. The second-order valence-electron chi connectivity index (χ2n) is 4.61. The number of aliphatic carboxylic acids is 1. The van der Waals surface area contributed by atoms with Gasteiger partial charge < -0.3 is 14.9 Å². The van der Waals surface area contributed by atoms with Gasteiger partial charge in [0.05, 0.1) is 12.7 Å². The van der Waals surface area contributed by atoms with Crippen molar-refractivity contribution in [3.8, 4) is 0 Å². The summed E-state index contributed by atoms with van der Waals surface area (Å²) in [6.45, 7) is 1.59. The van der Waals surface area contributed by atoms with Crippen molar-refractivity contribution in [1.29, 1.82) is 0 Å². The number of hydrogen-bond donors (Lipinski definition) is 2. The molecule has 0 spiro atoms. The lowest BCUT2D eigenvalue weighted by Gasteiger charge is -2.24. The Labute approximate surface area is 95.0 Å². The first-order valence-corrected chi connectivity index (χ1v) is 5.94. The predicted molar refractivity (Wildman–Crippen MR) is 57.2 cm³/mol. The number of rotatable bonds is 6. The van der Waals surface area contributed by atoms with E-state index in [1.165, 1.54) is 12.8 Å². The average Bonchev–Trinajstić information content (AvgIpc) is 2.98. The van der Waals surface area contributed by atoms with Gasteiger partial charge in [-0.2, -0.15) is 0 Å². The summed E-state index contributed by atoms with van der Waals surface area (Å²) in [5.41, 5.74) is 0. The monoisotopic (exact) mass is 229 g/mol. The van der Waals surface area contributed by atoms with Crippen molar-refractivity contribution < 1.29 is 19.7 Å². The third kappa shape index (κ3) is 2.93. The molecule has 16 heavy (non-hydrogen) atoms. The zero-order chi connectivity index (χ0) is 11.5. The summed E-state index contributed by atoms with van der Waals surface area (Å²) in [6, 6.07) is 0.583. The van der Waals surface area contributed by atoms with E-state index >= 15 is 0 Å². The minimum atomic E-state index is -0.859.